The molecule has 0 unspecified atom stereocenters. The molecule has 1 N–H and O–H groups in total. The minimum absolute atomic E-state index is 0.0659. The second kappa shape index (κ2) is 9.77. The van der Waals surface area contributed by atoms with E-state index in [0.29, 0.717) is 29.2 Å². The molecule has 0 bridgehead atoms. The van der Waals surface area contributed by atoms with Crippen molar-refractivity contribution in [2.24, 2.45) is 0 Å². The fourth-order valence-corrected chi connectivity index (χ4v) is 2.95. The van der Waals surface area contributed by atoms with Gasteiger partial charge in [0.05, 0.1) is 19.2 Å². The molecule has 4 rings (SSSR count). The molecule has 1 amide bonds. The Balaban J connectivity index is 1.31. The number of furan rings is 1. The summed E-state index contributed by atoms with van der Waals surface area (Å²) in [6.07, 6.45) is 1.44. The fraction of sp³-hybridized carbons (Fsp3) is 0.130. The van der Waals surface area contributed by atoms with Gasteiger partial charge in [-0.15, -0.1) is 5.10 Å². The lowest BCUT2D eigenvalue weighted by Crippen LogP contribution is -2.12. The summed E-state index contributed by atoms with van der Waals surface area (Å²) in [6.45, 7) is 0.398. The van der Waals surface area contributed by atoms with Crippen molar-refractivity contribution in [2.75, 3.05) is 12.4 Å². The number of hydrogen-bond donors (Lipinski definition) is 1. The lowest BCUT2D eigenvalue weighted by atomic mass is 10.2. The Morgan fingerprint density at radius 1 is 1.12 bits per heavy atom. The van der Waals surface area contributed by atoms with E-state index in [1.54, 1.807) is 42.5 Å². The third-order valence-corrected chi connectivity index (χ3v) is 4.54. The average Bonchev–Trinajstić information content (AvgIpc) is 3.47. The van der Waals surface area contributed by atoms with Crippen LogP contribution in [0.3, 0.4) is 0 Å². The molecule has 0 saturated carbocycles. The van der Waals surface area contributed by atoms with Crippen molar-refractivity contribution < 1.29 is 27.9 Å². The highest BCUT2D eigenvalue weighted by molar-refractivity contribution is 6.01. The monoisotopic (exact) mass is 450 g/mol. The third kappa shape index (κ3) is 5.62. The Morgan fingerprint density at radius 3 is 2.70 bits per heavy atom. The zero-order chi connectivity index (χ0) is 23.2. The van der Waals surface area contributed by atoms with Gasteiger partial charge in [0.25, 0.3) is 5.91 Å². The highest BCUT2D eigenvalue weighted by Crippen LogP contribution is 2.17. The number of esters is 1. The van der Waals surface area contributed by atoms with Crippen LogP contribution in [0, 0.1) is 5.82 Å². The van der Waals surface area contributed by atoms with Crippen LogP contribution in [0.2, 0.25) is 0 Å². The van der Waals surface area contributed by atoms with E-state index in [4.69, 9.17) is 9.15 Å². The first kappa shape index (κ1) is 21.8. The van der Waals surface area contributed by atoms with E-state index in [9.17, 15) is 14.0 Å². The predicted octanol–water partition coefficient (Wildman–Crippen LogP) is 3.68. The summed E-state index contributed by atoms with van der Waals surface area (Å²) >= 11 is 0. The largest absolute Gasteiger partial charge is 0.486 e. The number of anilines is 1. The standard InChI is InChI=1S/C23H19FN4O5/c1-31-22(30)16-5-7-18(8-6-16)32-13-19-9-10-20(33-19)21(29)26-23-25-14-28(27-23)12-15-3-2-4-17(24)11-15/h2-11,14H,12-13H2,1H3,(H,26,27,29). The molecular formula is C23H19FN4O5. The van der Waals surface area contributed by atoms with E-state index >= 15 is 0 Å². The van der Waals surface area contributed by atoms with Crippen LogP contribution in [0.4, 0.5) is 10.3 Å². The fourth-order valence-electron chi connectivity index (χ4n) is 2.95. The van der Waals surface area contributed by atoms with Crippen LogP contribution in [-0.4, -0.2) is 33.8 Å². The third-order valence-electron chi connectivity index (χ3n) is 4.54. The van der Waals surface area contributed by atoms with Gasteiger partial charge < -0.3 is 13.9 Å². The minimum atomic E-state index is -0.521. The van der Waals surface area contributed by atoms with E-state index in [-0.39, 0.29) is 24.1 Å². The molecule has 10 heteroatoms. The van der Waals surface area contributed by atoms with E-state index in [2.05, 4.69) is 20.1 Å². The zero-order valence-corrected chi connectivity index (χ0v) is 17.5. The average molecular weight is 450 g/mol. The highest BCUT2D eigenvalue weighted by atomic mass is 19.1. The smallest absolute Gasteiger partial charge is 0.337 e. The zero-order valence-electron chi connectivity index (χ0n) is 17.5. The maximum Gasteiger partial charge on any atom is 0.337 e. The molecule has 33 heavy (non-hydrogen) atoms. The summed E-state index contributed by atoms with van der Waals surface area (Å²) in [7, 11) is 1.31. The lowest BCUT2D eigenvalue weighted by Gasteiger charge is -2.05. The summed E-state index contributed by atoms with van der Waals surface area (Å²) in [6, 6.07) is 15.7. The Kier molecular flexibility index (Phi) is 6.44. The molecule has 2 aromatic carbocycles. The number of benzene rings is 2. The molecule has 0 saturated heterocycles. The molecule has 4 aromatic rings. The summed E-state index contributed by atoms with van der Waals surface area (Å²) in [5, 5.41) is 6.71. The Hall–Kier alpha value is -4.47. The quantitative estimate of drug-likeness (QED) is 0.408. The molecule has 2 heterocycles. The first-order valence-corrected chi connectivity index (χ1v) is 9.85. The number of aromatic nitrogens is 3. The second-order valence-electron chi connectivity index (χ2n) is 6.92. The van der Waals surface area contributed by atoms with Gasteiger partial charge in [-0.1, -0.05) is 12.1 Å². The van der Waals surface area contributed by atoms with Gasteiger partial charge in [0.2, 0.25) is 5.95 Å². The summed E-state index contributed by atoms with van der Waals surface area (Å²) in [5.74, 6) is -0.173. The van der Waals surface area contributed by atoms with Gasteiger partial charge >= 0.3 is 5.97 Å². The molecule has 0 atom stereocenters. The number of rotatable bonds is 8. The number of halogens is 1. The second-order valence-corrected chi connectivity index (χ2v) is 6.92. The Bertz CT molecular complexity index is 1270. The maximum atomic E-state index is 13.3. The first-order valence-electron chi connectivity index (χ1n) is 9.85. The molecule has 0 fully saturated rings. The van der Waals surface area contributed by atoms with Crippen LogP contribution in [0.1, 0.15) is 32.2 Å². The molecule has 168 valence electrons. The summed E-state index contributed by atoms with van der Waals surface area (Å²) in [5.41, 5.74) is 1.13. The predicted molar refractivity (Wildman–Crippen MR) is 114 cm³/mol. The van der Waals surface area contributed by atoms with Crippen molar-refractivity contribution in [3.63, 3.8) is 0 Å². The summed E-state index contributed by atoms with van der Waals surface area (Å²) < 4.78 is 30.6. The molecule has 0 aliphatic heterocycles. The van der Waals surface area contributed by atoms with Gasteiger partial charge in [0.1, 0.15) is 30.3 Å². The van der Waals surface area contributed by atoms with Gasteiger partial charge in [0, 0.05) is 0 Å². The molecule has 0 aliphatic rings. The van der Waals surface area contributed by atoms with Gasteiger partial charge in [0.15, 0.2) is 5.76 Å². The number of carbonyl (C=O) groups is 2. The van der Waals surface area contributed by atoms with Crippen LogP contribution in [0.5, 0.6) is 5.75 Å². The van der Waals surface area contributed by atoms with Crippen molar-refractivity contribution in [1.82, 2.24) is 14.8 Å². The first-order chi connectivity index (χ1) is 16.0. The summed E-state index contributed by atoms with van der Waals surface area (Å²) in [4.78, 5) is 27.9. The van der Waals surface area contributed by atoms with Gasteiger partial charge in [-0.25, -0.2) is 18.9 Å². The number of nitrogens with zero attached hydrogens (tertiary/aromatic N) is 3. The van der Waals surface area contributed by atoms with Crippen molar-refractivity contribution in [2.45, 2.75) is 13.2 Å². The number of hydrogen-bond acceptors (Lipinski definition) is 7. The SMILES string of the molecule is COC(=O)c1ccc(OCc2ccc(C(=O)Nc3ncn(Cc4cccc(F)c4)n3)o2)cc1. The van der Waals surface area contributed by atoms with Gasteiger partial charge in [-0.3, -0.25) is 10.1 Å². The number of ether oxygens (including phenoxy) is 2. The Labute approximate surface area is 187 Å². The maximum absolute atomic E-state index is 13.3. The van der Waals surface area contributed by atoms with E-state index in [1.807, 2.05) is 0 Å². The molecule has 0 radical (unpaired) electrons. The topological polar surface area (TPSA) is 108 Å². The molecule has 9 nitrogen and oxygen atoms in total. The van der Waals surface area contributed by atoms with Crippen molar-refractivity contribution in [1.29, 1.82) is 0 Å². The number of carbonyl (C=O) groups excluding carboxylic acids is 2. The van der Waals surface area contributed by atoms with Crippen LogP contribution in [0.15, 0.2) is 71.4 Å². The van der Waals surface area contributed by atoms with Crippen molar-refractivity contribution in [3.05, 3.63) is 95.5 Å². The van der Waals surface area contributed by atoms with E-state index in [1.165, 1.54) is 36.3 Å². The minimum Gasteiger partial charge on any atom is -0.486 e. The van der Waals surface area contributed by atoms with Crippen LogP contribution < -0.4 is 10.1 Å². The van der Waals surface area contributed by atoms with E-state index < -0.39 is 11.9 Å². The number of nitrogens with one attached hydrogen (secondary N) is 1. The molecule has 2 aromatic heterocycles. The normalized spacial score (nSPS) is 10.6. The van der Waals surface area contributed by atoms with Crippen LogP contribution in [-0.2, 0) is 17.9 Å². The van der Waals surface area contributed by atoms with Crippen molar-refractivity contribution in [3.8, 4) is 5.75 Å². The van der Waals surface area contributed by atoms with Gasteiger partial charge in [-0.05, 0) is 54.1 Å². The molecular weight excluding hydrogens is 431 g/mol. The number of methoxy groups -OCH3 is 1. The highest BCUT2D eigenvalue weighted by Gasteiger charge is 2.14. The van der Waals surface area contributed by atoms with Gasteiger partial charge in [-0.2, -0.15) is 0 Å². The number of amides is 1. The lowest BCUT2D eigenvalue weighted by molar-refractivity contribution is 0.0600. The Morgan fingerprint density at radius 2 is 1.94 bits per heavy atom. The molecule has 0 aliphatic carbocycles. The van der Waals surface area contributed by atoms with E-state index in [0.717, 1.165) is 0 Å². The van der Waals surface area contributed by atoms with Crippen LogP contribution in [0.25, 0.3) is 0 Å². The van der Waals surface area contributed by atoms with Crippen LogP contribution >= 0.6 is 0 Å². The van der Waals surface area contributed by atoms with Crippen molar-refractivity contribution >= 4 is 17.8 Å². The molecule has 0 spiro atoms.